The average Bonchev–Trinajstić information content (AvgIpc) is 3.01. The van der Waals surface area contributed by atoms with Crippen molar-refractivity contribution in [3.63, 3.8) is 0 Å². The normalized spacial score (nSPS) is 14.7. The summed E-state index contributed by atoms with van der Waals surface area (Å²) in [4.78, 5) is 20.6. The maximum absolute atomic E-state index is 13.6. The molecular weight excluding hydrogens is 374 g/mol. The number of benzene rings is 1. The fourth-order valence-electron chi connectivity index (χ4n) is 3.72. The minimum Gasteiger partial charge on any atom is -0.268 e. The Morgan fingerprint density at radius 1 is 1.30 bits per heavy atom. The molecule has 0 bridgehead atoms. The summed E-state index contributed by atoms with van der Waals surface area (Å²) in [6.07, 6.45) is 4.30. The second-order valence-electron chi connectivity index (χ2n) is 7.11. The topological polar surface area (TPSA) is 58.7 Å². The molecule has 0 aliphatic heterocycles. The number of fused-ring (bicyclic) bond motifs is 3. The van der Waals surface area contributed by atoms with Crippen LogP contribution in [0.4, 0.5) is 0 Å². The Bertz CT molecular complexity index is 1140. The molecule has 1 atom stereocenters. The molecule has 0 saturated heterocycles. The lowest BCUT2D eigenvalue weighted by molar-refractivity contribution is 0.699. The Balaban J connectivity index is 2.04. The quantitative estimate of drug-likeness (QED) is 0.465. The molecule has 1 aliphatic carbocycles. The number of hydrogen-bond acceptors (Lipinski definition) is 5. The number of thioether (sulfide) groups is 1. The van der Waals surface area contributed by atoms with Crippen LogP contribution < -0.4 is 5.56 Å². The van der Waals surface area contributed by atoms with E-state index in [9.17, 15) is 10.1 Å². The van der Waals surface area contributed by atoms with E-state index in [-0.39, 0.29) is 10.8 Å². The van der Waals surface area contributed by atoms with Crippen LogP contribution in [0.3, 0.4) is 0 Å². The predicted octanol–water partition coefficient (Wildman–Crippen LogP) is 4.95. The second-order valence-corrected chi connectivity index (χ2v) is 9.50. The second kappa shape index (κ2) is 7.14. The molecule has 1 aromatic carbocycles. The lowest BCUT2D eigenvalue weighted by Crippen LogP contribution is -2.23. The molecule has 2 heterocycles. The minimum atomic E-state index is -0.277. The van der Waals surface area contributed by atoms with Crippen LogP contribution in [0, 0.1) is 25.2 Å². The number of nitriles is 1. The molecule has 1 aliphatic rings. The van der Waals surface area contributed by atoms with Crippen molar-refractivity contribution in [3.05, 3.63) is 50.1 Å². The summed E-state index contributed by atoms with van der Waals surface area (Å²) >= 11 is 3.00. The van der Waals surface area contributed by atoms with E-state index in [2.05, 4.69) is 12.1 Å². The Hall–Kier alpha value is -2.10. The van der Waals surface area contributed by atoms with Crippen LogP contribution in [0.25, 0.3) is 15.9 Å². The van der Waals surface area contributed by atoms with Crippen LogP contribution in [-0.4, -0.2) is 14.8 Å². The third-order valence-corrected chi connectivity index (χ3v) is 7.14. The van der Waals surface area contributed by atoms with Crippen LogP contribution in [0.1, 0.15) is 41.3 Å². The van der Waals surface area contributed by atoms with Crippen molar-refractivity contribution in [2.75, 3.05) is 0 Å². The van der Waals surface area contributed by atoms with Crippen molar-refractivity contribution in [2.45, 2.75) is 56.9 Å². The maximum atomic E-state index is 13.6. The Kier molecular flexibility index (Phi) is 4.83. The predicted molar refractivity (Wildman–Crippen MR) is 112 cm³/mol. The van der Waals surface area contributed by atoms with Gasteiger partial charge in [0.1, 0.15) is 4.83 Å². The molecule has 0 spiro atoms. The molecule has 0 unspecified atom stereocenters. The van der Waals surface area contributed by atoms with Gasteiger partial charge in [-0.05, 0) is 63.6 Å². The molecule has 4 rings (SSSR count). The molecule has 2 aromatic heterocycles. The Morgan fingerprint density at radius 3 is 2.81 bits per heavy atom. The van der Waals surface area contributed by atoms with Gasteiger partial charge in [0.2, 0.25) is 0 Å². The fraction of sp³-hybridized carbons (Fsp3) is 0.381. The van der Waals surface area contributed by atoms with E-state index in [0.717, 1.165) is 46.3 Å². The summed E-state index contributed by atoms with van der Waals surface area (Å²) in [5.74, 6) is 0. The summed E-state index contributed by atoms with van der Waals surface area (Å²) < 4.78 is 1.72. The summed E-state index contributed by atoms with van der Waals surface area (Å²) in [7, 11) is 0. The van der Waals surface area contributed by atoms with Gasteiger partial charge in [0.25, 0.3) is 5.56 Å². The number of thiophene rings is 1. The number of aryl methyl sites for hydroxylation is 4. The zero-order chi connectivity index (χ0) is 19.1. The highest BCUT2D eigenvalue weighted by Crippen LogP contribution is 2.36. The van der Waals surface area contributed by atoms with Crippen molar-refractivity contribution in [3.8, 4) is 11.8 Å². The van der Waals surface area contributed by atoms with Gasteiger partial charge in [-0.25, -0.2) is 4.98 Å². The Morgan fingerprint density at radius 2 is 2.07 bits per heavy atom. The van der Waals surface area contributed by atoms with Crippen LogP contribution >= 0.6 is 23.1 Å². The van der Waals surface area contributed by atoms with Gasteiger partial charge in [0.05, 0.1) is 22.4 Å². The van der Waals surface area contributed by atoms with Crippen LogP contribution in [0.15, 0.2) is 28.2 Å². The summed E-state index contributed by atoms with van der Waals surface area (Å²) in [6, 6.07) is 8.33. The maximum Gasteiger partial charge on any atom is 0.267 e. The molecule has 3 aromatic rings. The van der Waals surface area contributed by atoms with Gasteiger partial charge >= 0.3 is 0 Å². The van der Waals surface area contributed by atoms with E-state index in [0.29, 0.717) is 5.16 Å². The van der Waals surface area contributed by atoms with Gasteiger partial charge in [0, 0.05) is 4.88 Å². The highest BCUT2D eigenvalue weighted by atomic mass is 32.2. The van der Waals surface area contributed by atoms with Gasteiger partial charge in [-0.1, -0.05) is 29.5 Å². The zero-order valence-corrected chi connectivity index (χ0v) is 17.3. The van der Waals surface area contributed by atoms with Gasteiger partial charge in [-0.15, -0.1) is 11.3 Å². The molecule has 138 valence electrons. The molecule has 0 saturated carbocycles. The SMILES string of the molecule is Cc1ccc(-n2c(S[C@H](C)C#N)nc3sc4c(c3c2=O)CCCC4)c(C)c1. The molecule has 0 N–H and O–H groups in total. The van der Waals surface area contributed by atoms with E-state index < -0.39 is 0 Å². The first-order valence-corrected chi connectivity index (χ1v) is 10.9. The van der Waals surface area contributed by atoms with Crippen LogP contribution in [0.2, 0.25) is 0 Å². The van der Waals surface area contributed by atoms with Crippen LogP contribution in [0.5, 0.6) is 0 Å². The largest absolute Gasteiger partial charge is 0.268 e. The Labute approximate surface area is 166 Å². The standard InChI is InChI=1S/C21H21N3OS2/c1-12-8-9-16(13(2)10-12)24-20(25)18-15-6-4-5-7-17(15)27-19(18)23-21(24)26-14(3)11-22/h8-10,14H,4-7H2,1-3H3/t14-/m1/s1. The number of hydrogen-bond donors (Lipinski definition) is 0. The average molecular weight is 396 g/mol. The fourth-order valence-corrected chi connectivity index (χ4v) is 5.83. The van der Waals surface area contributed by atoms with E-state index >= 15 is 0 Å². The minimum absolute atomic E-state index is 0.000933. The van der Waals surface area contributed by atoms with E-state index in [1.54, 1.807) is 15.9 Å². The highest BCUT2D eigenvalue weighted by Gasteiger charge is 2.24. The molecular formula is C21H21N3OS2. The number of rotatable bonds is 3. The molecule has 0 fully saturated rings. The summed E-state index contributed by atoms with van der Waals surface area (Å²) in [6.45, 7) is 5.90. The molecule has 4 nitrogen and oxygen atoms in total. The highest BCUT2D eigenvalue weighted by molar-refractivity contribution is 8.00. The zero-order valence-electron chi connectivity index (χ0n) is 15.7. The molecule has 6 heteroatoms. The number of aromatic nitrogens is 2. The molecule has 0 radical (unpaired) electrons. The van der Waals surface area contributed by atoms with E-state index in [1.807, 2.05) is 32.9 Å². The first-order chi connectivity index (χ1) is 13.0. The van der Waals surface area contributed by atoms with Crippen molar-refractivity contribution >= 4 is 33.3 Å². The molecule has 27 heavy (non-hydrogen) atoms. The van der Waals surface area contributed by atoms with E-state index in [4.69, 9.17) is 4.98 Å². The smallest absolute Gasteiger partial charge is 0.267 e. The number of nitrogens with zero attached hydrogens (tertiary/aromatic N) is 3. The van der Waals surface area contributed by atoms with Gasteiger partial charge in [0.15, 0.2) is 5.16 Å². The lowest BCUT2D eigenvalue weighted by Gasteiger charge is -2.16. The van der Waals surface area contributed by atoms with Crippen molar-refractivity contribution in [1.29, 1.82) is 5.26 Å². The molecule has 0 amide bonds. The lowest BCUT2D eigenvalue weighted by atomic mass is 9.97. The third kappa shape index (κ3) is 3.19. The van der Waals surface area contributed by atoms with E-state index in [1.165, 1.54) is 28.6 Å². The van der Waals surface area contributed by atoms with Crippen molar-refractivity contribution in [1.82, 2.24) is 9.55 Å². The monoisotopic (exact) mass is 395 g/mol. The summed E-state index contributed by atoms with van der Waals surface area (Å²) in [5.41, 5.74) is 4.24. The first-order valence-electron chi connectivity index (χ1n) is 9.21. The van der Waals surface area contributed by atoms with Gasteiger partial charge < -0.3 is 0 Å². The van der Waals surface area contributed by atoms with Crippen LogP contribution in [-0.2, 0) is 12.8 Å². The van der Waals surface area contributed by atoms with Gasteiger partial charge in [-0.2, -0.15) is 5.26 Å². The van der Waals surface area contributed by atoms with Crippen molar-refractivity contribution in [2.24, 2.45) is 0 Å². The summed E-state index contributed by atoms with van der Waals surface area (Å²) in [5, 5.41) is 10.4. The third-order valence-electron chi connectivity index (χ3n) is 5.02. The van der Waals surface area contributed by atoms with Crippen molar-refractivity contribution < 1.29 is 0 Å². The van der Waals surface area contributed by atoms with Gasteiger partial charge in [-0.3, -0.25) is 9.36 Å². The first kappa shape index (κ1) is 18.3.